The van der Waals surface area contributed by atoms with Crippen molar-refractivity contribution in [3.63, 3.8) is 0 Å². The summed E-state index contributed by atoms with van der Waals surface area (Å²) in [5.74, 6) is 0.220. The van der Waals surface area contributed by atoms with Gasteiger partial charge in [-0.3, -0.25) is 23.9 Å². The highest BCUT2D eigenvalue weighted by molar-refractivity contribution is 6.30. The molecule has 1 aliphatic rings. The summed E-state index contributed by atoms with van der Waals surface area (Å²) in [6.45, 7) is 2.46. The van der Waals surface area contributed by atoms with Crippen molar-refractivity contribution in [1.82, 2.24) is 24.4 Å². The van der Waals surface area contributed by atoms with E-state index in [9.17, 15) is 9.59 Å². The number of aryl methyl sites for hydroxylation is 1. The summed E-state index contributed by atoms with van der Waals surface area (Å²) < 4.78 is 3.69. The molecule has 3 heterocycles. The number of hydrogen-bond donors (Lipinski definition) is 1. The quantitative estimate of drug-likeness (QED) is 0.320. The van der Waals surface area contributed by atoms with Gasteiger partial charge in [-0.25, -0.2) is 4.79 Å². The summed E-state index contributed by atoms with van der Waals surface area (Å²) in [5, 5.41) is 4.65. The minimum absolute atomic E-state index is 0.0409. The van der Waals surface area contributed by atoms with E-state index in [1.165, 1.54) is 0 Å². The maximum absolute atomic E-state index is 13.8. The number of halogens is 1. The molecule has 0 unspecified atom stereocenters. The highest BCUT2D eigenvalue weighted by Crippen LogP contribution is 2.28. The van der Waals surface area contributed by atoms with Crippen molar-refractivity contribution < 1.29 is 4.79 Å². The predicted octanol–water partition coefficient (Wildman–Crippen LogP) is 5.69. The van der Waals surface area contributed by atoms with Gasteiger partial charge in [0.25, 0.3) is 5.91 Å². The molecule has 38 heavy (non-hydrogen) atoms. The number of benzene rings is 2. The first kappa shape index (κ1) is 24.4. The summed E-state index contributed by atoms with van der Waals surface area (Å²) in [7, 11) is 0. The number of para-hydroxylation sites is 2. The lowest BCUT2D eigenvalue weighted by molar-refractivity contribution is 0.0919. The number of hydrogen-bond acceptors (Lipinski definition) is 4. The summed E-state index contributed by atoms with van der Waals surface area (Å²) in [5.41, 5.74) is 4.63. The fourth-order valence-electron chi connectivity index (χ4n) is 5.58. The van der Waals surface area contributed by atoms with Crippen LogP contribution < -0.4 is 11.0 Å². The first-order valence-electron chi connectivity index (χ1n) is 13.0. The molecule has 192 valence electrons. The predicted molar refractivity (Wildman–Crippen MR) is 150 cm³/mol. The molecule has 1 fully saturated rings. The molecule has 0 radical (unpaired) electrons. The van der Waals surface area contributed by atoms with Crippen LogP contribution in [0.5, 0.6) is 0 Å². The molecule has 0 bridgehead atoms. The molecule has 0 aliphatic heterocycles. The summed E-state index contributed by atoms with van der Waals surface area (Å²) in [6.07, 6.45) is 6.92. The molecule has 2 aromatic carbocycles. The molecule has 1 amide bonds. The van der Waals surface area contributed by atoms with E-state index in [4.69, 9.17) is 11.6 Å². The SMILES string of the molecule is Cc1ncc(Cl)cc1C(=O)NC1CCC(Cn2c(=O)n(-c3ccc4cccnc4c3)c3ccccc32)CC1. The van der Waals surface area contributed by atoms with Crippen LogP contribution in [0.3, 0.4) is 0 Å². The molecular formula is C30H28ClN5O2. The Morgan fingerprint density at radius 3 is 2.61 bits per heavy atom. The number of aromatic nitrogens is 4. The van der Waals surface area contributed by atoms with Crippen LogP contribution in [0.2, 0.25) is 5.02 Å². The molecule has 5 aromatic rings. The van der Waals surface area contributed by atoms with Gasteiger partial charge in [0, 0.05) is 30.4 Å². The zero-order valence-corrected chi connectivity index (χ0v) is 21.9. The number of nitrogens with zero attached hydrogens (tertiary/aromatic N) is 4. The number of amides is 1. The molecule has 0 saturated heterocycles. The summed E-state index contributed by atoms with van der Waals surface area (Å²) >= 11 is 6.05. The van der Waals surface area contributed by atoms with Gasteiger partial charge >= 0.3 is 5.69 Å². The Balaban J connectivity index is 1.21. The molecule has 1 N–H and O–H groups in total. The van der Waals surface area contributed by atoms with Crippen LogP contribution in [-0.2, 0) is 6.54 Å². The average Bonchev–Trinajstić information content (AvgIpc) is 3.21. The van der Waals surface area contributed by atoms with Crippen LogP contribution in [0.1, 0.15) is 41.7 Å². The molecule has 1 saturated carbocycles. The van der Waals surface area contributed by atoms with Gasteiger partial charge in [-0.15, -0.1) is 0 Å². The lowest BCUT2D eigenvalue weighted by Gasteiger charge is -2.29. The third-order valence-corrected chi connectivity index (χ3v) is 7.81. The van der Waals surface area contributed by atoms with E-state index in [1.807, 2.05) is 66.1 Å². The molecule has 6 rings (SSSR count). The van der Waals surface area contributed by atoms with Gasteiger partial charge < -0.3 is 5.32 Å². The van der Waals surface area contributed by atoms with Crippen LogP contribution >= 0.6 is 11.6 Å². The number of carbonyl (C=O) groups is 1. The molecule has 7 nitrogen and oxygen atoms in total. The second kappa shape index (κ2) is 10.1. The highest BCUT2D eigenvalue weighted by atomic mass is 35.5. The maximum Gasteiger partial charge on any atom is 0.333 e. The molecule has 8 heteroatoms. The smallest absolute Gasteiger partial charge is 0.333 e. The number of pyridine rings is 2. The number of rotatable bonds is 5. The molecule has 1 aliphatic carbocycles. The average molecular weight is 526 g/mol. The van der Waals surface area contributed by atoms with Gasteiger partial charge in [-0.05, 0) is 74.9 Å². The maximum atomic E-state index is 13.8. The zero-order valence-electron chi connectivity index (χ0n) is 21.1. The minimum atomic E-state index is -0.134. The van der Waals surface area contributed by atoms with E-state index in [1.54, 1.807) is 23.0 Å². The van der Waals surface area contributed by atoms with Crippen molar-refractivity contribution in [2.75, 3.05) is 0 Å². The van der Waals surface area contributed by atoms with Crippen molar-refractivity contribution >= 4 is 39.4 Å². The number of nitrogens with one attached hydrogen (secondary N) is 1. The molecular weight excluding hydrogens is 498 g/mol. The Labute approximate surface area is 225 Å². The largest absolute Gasteiger partial charge is 0.349 e. The van der Waals surface area contributed by atoms with E-state index in [-0.39, 0.29) is 17.6 Å². The number of imidazole rings is 1. The fraction of sp³-hybridized carbons (Fsp3) is 0.267. The summed E-state index contributed by atoms with van der Waals surface area (Å²) in [4.78, 5) is 35.2. The van der Waals surface area contributed by atoms with E-state index in [2.05, 4.69) is 15.3 Å². The monoisotopic (exact) mass is 525 g/mol. The zero-order chi connectivity index (χ0) is 26.2. The Morgan fingerprint density at radius 1 is 1.00 bits per heavy atom. The lowest BCUT2D eigenvalue weighted by Crippen LogP contribution is -2.39. The Morgan fingerprint density at radius 2 is 1.79 bits per heavy atom. The van der Waals surface area contributed by atoms with Gasteiger partial charge in [0.15, 0.2) is 0 Å². The number of carbonyl (C=O) groups excluding carboxylic acids is 1. The normalized spacial score (nSPS) is 17.6. The van der Waals surface area contributed by atoms with Crippen LogP contribution in [-0.4, -0.2) is 31.1 Å². The van der Waals surface area contributed by atoms with Gasteiger partial charge in [0.05, 0.1) is 38.5 Å². The molecule has 3 aromatic heterocycles. The molecule has 0 spiro atoms. The van der Waals surface area contributed by atoms with Gasteiger partial charge in [-0.1, -0.05) is 35.9 Å². The van der Waals surface area contributed by atoms with Crippen molar-refractivity contribution in [3.8, 4) is 5.69 Å². The van der Waals surface area contributed by atoms with E-state index in [0.29, 0.717) is 28.7 Å². The van der Waals surface area contributed by atoms with Crippen LogP contribution in [0.25, 0.3) is 27.6 Å². The van der Waals surface area contributed by atoms with Crippen LogP contribution in [0, 0.1) is 12.8 Å². The van der Waals surface area contributed by atoms with Crippen molar-refractivity contribution in [3.05, 3.63) is 99.8 Å². The first-order chi connectivity index (χ1) is 18.5. The van der Waals surface area contributed by atoms with E-state index < -0.39 is 0 Å². The first-order valence-corrected chi connectivity index (χ1v) is 13.3. The van der Waals surface area contributed by atoms with Crippen molar-refractivity contribution in [2.45, 2.75) is 45.2 Å². The fourth-order valence-corrected chi connectivity index (χ4v) is 5.73. The number of fused-ring (bicyclic) bond motifs is 2. The van der Waals surface area contributed by atoms with E-state index >= 15 is 0 Å². The van der Waals surface area contributed by atoms with Crippen LogP contribution in [0.4, 0.5) is 0 Å². The standard InChI is InChI=1S/C30H28ClN5O2/c1-19-25(15-22(31)17-33-19)29(37)34-23-11-8-20(9-12-23)18-35-27-6-2-3-7-28(27)36(30(35)38)24-13-10-21-5-4-14-32-26(21)16-24/h2-7,10,13-17,20,23H,8-9,11-12,18H2,1H3,(H,34,37). The minimum Gasteiger partial charge on any atom is -0.349 e. The van der Waals surface area contributed by atoms with E-state index in [0.717, 1.165) is 53.3 Å². The highest BCUT2D eigenvalue weighted by Gasteiger charge is 2.25. The van der Waals surface area contributed by atoms with Gasteiger partial charge in [0.1, 0.15) is 0 Å². The van der Waals surface area contributed by atoms with Gasteiger partial charge in [0.2, 0.25) is 0 Å². The Hall–Kier alpha value is -3.97. The van der Waals surface area contributed by atoms with Crippen LogP contribution in [0.15, 0.2) is 77.9 Å². The topological polar surface area (TPSA) is 81.8 Å². The second-order valence-corrected chi connectivity index (χ2v) is 10.5. The third-order valence-electron chi connectivity index (χ3n) is 7.60. The Kier molecular flexibility index (Phi) is 6.45. The lowest BCUT2D eigenvalue weighted by atomic mass is 9.85. The van der Waals surface area contributed by atoms with Crippen molar-refractivity contribution in [1.29, 1.82) is 0 Å². The molecule has 0 atom stereocenters. The van der Waals surface area contributed by atoms with Crippen molar-refractivity contribution in [2.24, 2.45) is 5.92 Å². The van der Waals surface area contributed by atoms with Gasteiger partial charge in [-0.2, -0.15) is 0 Å². The third kappa shape index (κ3) is 4.58. The Bertz CT molecular complexity index is 1720. The summed E-state index contributed by atoms with van der Waals surface area (Å²) in [6, 6.07) is 19.6. The second-order valence-electron chi connectivity index (χ2n) is 10.1.